The molecule has 0 unspecified atom stereocenters. The first kappa shape index (κ1) is 10.4. The molecule has 0 radical (unpaired) electrons. The van der Waals surface area contributed by atoms with E-state index in [1.807, 2.05) is 13.8 Å². The highest BCUT2D eigenvalue weighted by atomic mass is 16.2. The number of aromatic nitrogens is 2. The lowest BCUT2D eigenvalue weighted by Gasteiger charge is -2.21. The van der Waals surface area contributed by atoms with E-state index in [0.717, 1.165) is 0 Å². The van der Waals surface area contributed by atoms with Gasteiger partial charge in [-0.2, -0.15) is 0 Å². The average molecular weight is 194 g/mol. The lowest BCUT2D eigenvalue weighted by atomic mass is 10.3. The van der Waals surface area contributed by atoms with Crippen molar-refractivity contribution in [2.45, 2.75) is 19.9 Å². The van der Waals surface area contributed by atoms with E-state index < -0.39 is 0 Å². The van der Waals surface area contributed by atoms with Crippen molar-refractivity contribution in [3.05, 3.63) is 18.7 Å². The third-order valence-corrected chi connectivity index (χ3v) is 1.74. The lowest BCUT2D eigenvalue weighted by molar-refractivity contribution is 0.216. The van der Waals surface area contributed by atoms with Crippen molar-refractivity contribution >= 4 is 12.4 Å². The quantitative estimate of drug-likeness (QED) is 0.525. The first-order valence-corrected chi connectivity index (χ1v) is 4.39. The molecule has 14 heavy (non-hydrogen) atoms. The molecule has 1 aromatic heterocycles. The van der Waals surface area contributed by atoms with Crippen molar-refractivity contribution in [1.82, 2.24) is 14.5 Å². The molecule has 76 valence electrons. The van der Waals surface area contributed by atoms with Crippen molar-refractivity contribution in [3.8, 4) is 0 Å². The van der Waals surface area contributed by atoms with E-state index in [-0.39, 0.29) is 12.1 Å². The molecule has 5 nitrogen and oxygen atoms in total. The molecule has 0 aliphatic rings. The molecule has 0 fully saturated rings. The highest BCUT2D eigenvalue weighted by Crippen LogP contribution is 1.99. The largest absolute Gasteiger partial charge is 0.334 e. The topological polar surface area (TPSA) is 50.5 Å². The van der Waals surface area contributed by atoms with E-state index in [1.165, 1.54) is 17.2 Å². The first-order chi connectivity index (χ1) is 6.66. The van der Waals surface area contributed by atoms with Gasteiger partial charge in [-0.25, -0.2) is 9.78 Å². The molecule has 1 aromatic rings. The van der Waals surface area contributed by atoms with Crippen LogP contribution in [0.4, 0.5) is 4.79 Å². The van der Waals surface area contributed by atoms with E-state index >= 15 is 0 Å². The van der Waals surface area contributed by atoms with Crippen LogP contribution in [0, 0.1) is 0 Å². The van der Waals surface area contributed by atoms with Crippen LogP contribution in [0.2, 0.25) is 0 Å². The van der Waals surface area contributed by atoms with Crippen LogP contribution in [-0.4, -0.2) is 39.9 Å². The zero-order valence-electron chi connectivity index (χ0n) is 8.58. The number of hydrogen-bond acceptors (Lipinski definition) is 3. The van der Waals surface area contributed by atoms with Crippen LogP contribution in [-0.2, 0) is 0 Å². The monoisotopic (exact) mass is 194 g/mol. The Morgan fingerprint density at radius 2 is 2.36 bits per heavy atom. The van der Waals surface area contributed by atoms with E-state index in [4.69, 9.17) is 0 Å². The van der Waals surface area contributed by atoms with Crippen LogP contribution < -0.4 is 0 Å². The first-order valence-electron chi connectivity index (χ1n) is 4.39. The molecule has 1 amide bonds. The SMILES string of the molecule is CN=CN(C(=O)n1ccnc1)C(C)C. The fourth-order valence-electron chi connectivity index (χ4n) is 1.03. The summed E-state index contributed by atoms with van der Waals surface area (Å²) in [6.07, 6.45) is 6.18. The Labute approximate surface area is 83.1 Å². The molecule has 0 atom stereocenters. The van der Waals surface area contributed by atoms with Crippen molar-refractivity contribution in [2.24, 2.45) is 4.99 Å². The van der Waals surface area contributed by atoms with Crippen LogP contribution in [0.15, 0.2) is 23.7 Å². The third-order valence-electron chi connectivity index (χ3n) is 1.74. The fraction of sp³-hybridized carbons (Fsp3) is 0.444. The van der Waals surface area contributed by atoms with E-state index in [0.29, 0.717) is 0 Å². The minimum Gasteiger partial charge on any atom is -0.282 e. The van der Waals surface area contributed by atoms with Gasteiger partial charge in [0.15, 0.2) is 0 Å². The standard InChI is InChI=1S/C9H14N4O/c1-8(2)13(6-10-3)9(14)12-5-4-11-7-12/h4-8H,1-3H3. The van der Waals surface area contributed by atoms with Gasteiger partial charge in [0.2, 0.25) is 0 Å². The molecule has 0 aliphatic heterocycles. The second-order valence-electron chi connectivity index (χ2n) is 3.13. The summed E-state index contributed by atoms with van der Waals surface area (Å²) in [5.74, 6) is 0. The number of carbonyl (C=O) groups excluding carboxylic acids is 1. The van der Waals surface area contributed by atoms with Crippen molar-refractivity contribution < 1.29 is 4.79 Å². The van der Waals surface area contributed by atoms with E-state index in [2.05, 4.69) is 9.98 Å². The molecular formula is C9H14N4O. The molecule has 0 aliphatic carbocycles. The predicted molar refractivity (Wildman–Crippen MR) is 54.4 cm³/mol. The van der Waals surface area contributed by atoms with E-state index in [9.17, 15) is 4.79 Å². The zero-order chi connectivity index (χ0) is 10.6. The van der Waals surface area contributed by atoms with Crippen LogP contribution in [0.5, 0.6) is 0 Å². The van der Waals surface area contributed by atoms with Gasteiger partial charge in [-0.3, -0.25) is 14.5 Å². The van der Waals surface area contributed by atoms with Gasteiger partial charge >= 0.3 is 6.03 Å². The Balaban J connectivity index is 2.85. The summed E-state index contributed by atoms with van der Waals surface area (Å²) in [7, 11) is 1.64. The van der Waals surface area contributed by atoms with Crippen LogP contribution >= 0.6 is 0 Å². The molecule has 0 N–H and O–H groups in total. The highest BCUT2D eigenvalue weighted by molar-refractivity contribution is 5.88. The minimum absolute atomic E-state index is 0.0774. The van der Waals surface area contributed by atoms with Gasteiger partial charge in [-0.05, 0) is 13.8 Å². The molecule has 0 saturated carbocycles. The molecule has 1 heterocycles. The molecule has 0 spiro atoms. The number of hydrogen-bond donors (Lipinski definition) is 0. The van der Waals surface area contributed by atoms with Gasteiger partial charge < -0.3 is 0 Å². The maximum atomic E-state index is 11.8. The smallest absolute Gasteiger partial charge is 0.282 e. The number of rotatable bonds is 2. The number of nitrogens with zero attached hydrogens (tertiary/aromatic N) is 4. The summed E-state index contributed by atoms with van der Waals surface area (Å²) in [5, 5.41) is 0. The third kappa shape index (κ3) is 2.18. The van der Waals surface area contributed by atoms with Gasteiger partial charge in [0.05, 0.1) is 6.34 Å². The normalized spacial score (nSPS) is 11.1. The second kappa shape index (κ2) is 4.55. The van der Waals surface area contributed by atoms with Gasteiger partial charge in [-0.1, -0.05) is 0 Å². The summed E-state index contributed by atoms with van der Waals surface area (Å²) in [6, 6.07) is -0.0725. The van der Waals surface area contributed by atoms with Crippen LogP contribution in [0.3, 0.4) is 0 Å². The van der Waals surface area contributed by atoms with Gasteiger partial charge in [0.1, 0.15) is 6.33 Å². The zero-order valence-corrected chi connectivity index (χ0v) is 8.58. The maximum absolute atomic E-state index is 11.8. The van der Waals surface area contributed by atoms with Crippen LogP contribution in [0.1, 0.15) is 13.8 Å². The Morgan fingerprint density at radius 3 is 2.79 bits per heavy atom. The Kier molecular flexibility index (Phi) is 3.39. The summed E-state index contributed by atoms with van der Waals surface area (Å²) >= 11 is 0. The molecule has 0 saturated heterocycles. The summed E-state index contributed by atoms with van der Waals surface area (Å²) < 4.78 is 1.42. The highest BCUT2D eigenvalue weighted by Gasteiger charge is 2.15. The predicted octanol–water partition coefficient (Wildman–Crippen LogP) is 1.22. The van der Waals surface area contributed by atoms with Crippen molar-refractivity contribution in [3.63, 3.8) is 0 Å². The van der Waals surface area contributed by atoms with Crippen molar-refractivity contribution in [1.29, 1.82) is 0 Å². The van der Waals surface area contributed by atoms with E-state index in [1.54, 1.807) is 24.3 Å². The molecule has 1 rings (SSSR count). The Hall–Kier alpha value is -1.65. The molecular weight excluding hydrogens is 180 g/mol. The van der Waals surface area contributed by atoms with Gasteiger partial charge in [0.25, 0.3) is 0 Å². The average Bonchev–Trinajstić information content (AvgIpc) is 2.65. The second-order valence-corrected chi connectivity index (χ2v) is 3.13. The number of carbonyl (C=O) groups is 1. The minimum atomic E-state index is -0.150. The fourth-order valence-corrected chi connectivity index (χ4v) is 1.03. The molecule has 0 aromatic carbocycles. The maximum Gasteiger partial charge on any atom is 0.334 e. The number of aliphatic imine (C=N–C) groups is 1. The molecule has 0 bridgehead atoms. The summed E-state index contributed by atoms with van der Waals surface area (Å²) in [5.41, 5.74) is 0. The Morgan fingerprint density at radius 1 is 1.64 bits per heavy atom. The summed E-state index contributed by atoms with van der Waals surface area (Å²) in [4.78, 5) is 21.0. The van der Waals surface area contributed by atoms with Gasteiger partial charge in [-0.15, -0.1) is 0 Å². The van der Waals surface area contributed by atoms with Crippen LogP contribution in [0.25, 0.3) is 0 Å². The number of imidazole rings is 1. The molecule has 5 heteroatoms. The summed E-state index contributed by atoms with van der Waals surface area (Å²) in [6.45, 7) is 3.85. The number of amides is 1. The van der Waals surface area contributed by atoms with Crippen molar-refractivity contribution in [2.75, 3.05) is 7.05 Å². The Bertz CT molecular complexity index is 316. The lowest BCUT2D eigenvalue weighted by Crippen LogP contribution is -2.38. The van der Waals surface area contributed by atoms with Gasteiger partial charge in [0, 0.05) is 25.5 Å².